The third-order valence-corrected chi connectivity index (χ3v) is 3.41. The fourth-order valence-corrected chi connectivity index (χ4v) is 2.40. The number of ether oxygens (including phenoxy) is 1. The summed E-state index contributed by atoms with van der Waals surface area (Å²) < 4.78 is 5.12. The minimum absolute atomic E-state index is 0.474. The van der Waals surface area contributed by atoms with Gasteiger partial charge in [-0.2, -0.15) is 0 Å². The lowest BCUT2D eigenvalue weighted by Crippen LogP contribution is -2.17. The van der Waals surface area contributed by atoms with E-state index in [9.17, 15) is 0 Å². The smallest absolute Gasteiger partial charge is 0.118 e. The number of rotatable bonds is 3. The van der Waals surface area contributed by atoms with Gasteiger partial charge in [0.1, 0.15) is 5.75 Å². The Morgan fingerprint density at radius 3 is 2.31 bits per heavy atom. The molecule has 16 heavy (non-hydrogen) atoms. The van der Waals surface area contributed by atoms with Crippen molar-refractivity contribution >= 4 is 5.71 Å². The Hall–Kier alpha value is -1.31. The number of benzene rings is 1. The predicted molar refractivity (Wildman–Crippen MR) is 66.4 cm³/mol. The molecule has 0 atom stereocenters. The first-order valence-electron chi connectivity index (χ1n) is 6.04. The predicted octanol–water partition coefficient (Wildman–Crippen LogP) is 3.64. The molecule has 1 aliphatic carbocycles. The van der Waals surface area contributed by atoms with E-state index in [2.05, 4.69) is 0 Å². The quantitative estimate of drug-likeness (QED) is 0.770. The second-order valence-corrected chi connectivity index (χ2v) is 4.48. The summed E-state index contributed by atoms with van der Waals surface area (Å²) in [4.78, 5) is 0. The van der Waals surface area contributed by atoms with Gasteiger partial charge >= 0.3 is 0 Å². The molecule has 0 heterocycles. The monoisotopic (exact) mass is 217 g/mol. The Labute approximate surface area is 97.1 Å². The van der Waals surface area contributed by atoms with Gasteiger partial charge in [-0.05, 0) is 42.7 Å². The van der Waals surface area contributed by atoms with Crippen LogP contribution in [-0.2, 0) is 0 Å². The molecule has 1 aliphatic rings. The lowest BCUT2D eigenvalue weighted by Gasteiger charge is -2.22. The summed E-state index contributed by atoms with van der Waals surface area (Å²) in [6.07, 6.45) is 6.27. The van der Waals surface area contributed by atoms with Gasteiger partial charge in [0.15, 0.2) is 0 Å². The minimum atomic E-state index is 0.474. The summed E-state index contributed by atoms with van der Waals surface area (Å²) in [5.74, 6) is 1.34. The van der Waals surface area contributed by atoms with E-state index in [1.807, 2.05) is 24.3 Å². The molecule has 0 bridgehead atoms. The number of nitrogens with one attached hydrogen (secondary N) is 1. The van der Waals surface area contributed by atoms with Crippen LogP contribution in [0, 0.1) is 11.3 Å². The Balaban J connectivity index is 2.07. The van der Waals surface area contributed by atoms with E-state index in [4.69, 9.17) is 10.1 Å². The van der Waals surface area contributed by atoms with Gasteiger partial charge in [0.2, 0.25) is 0 Å². The maximum absolute atomic E-state index is 8.21. The van der Waals surface area contributed by atoms with Gasteiger partial charge in [0.05, 0.1) is 7.11 Å². The van der Waals surface area contributed by atoms with Crippen molar-refractivity contribution in [2.45, 2.75) is 32.1 Å². The van der Waals surface area contributed by atoms with Crippen LogP contribution in [0.4, 0.5) is 0 Å². The first-order chi connectivity index (χ1) is 7.81. The van der Waals surface area contributed by atoms with E-state index in [1.54, 1.807) is 7.11 Å². The van der Waals surface area contributed by atoms with Gasteiger partial charge in [-0.3, -0.25) is 0 Å². The fourth-order valence-electron chi connectivity index (χ4n) is 2.40. The average Bonchev–Trinajstić information content (AvgIpc) is 2.39. The molecular formula is C14H19NO. The average molecular weight is 217 g/mol. The van der Waals surface area contributed by atoms with Crippen LogP contribution in [0.1, 0.15) is 37.7 Å². The molecule has 2 heteroatoms. The van der Waals surface area contributed by atoms with E-state index < -0.39 is 0 Å². The highest BCUT2D eigenvalue weighted by Gasteiger charge is 2.18. The van der Waals surface area contributed by atoms with Crippen LogP contribution in [0.25, 0.3) is 0 Å². The first-order valence-corrected chi connectivity index (χ1v) is 6.04. The van der Waals surface area contributed by atoms with Crippen molar-refractivity contribution in [1.29, 1.82) is 5.41 Å². The highest BCUT2D eigenvalue weighted by molar-refractivity contribution is 6.00. The molecule has 2 nitrogen and oxygen atoms in total. The zero-order chi connectivity index (χ0) is 11.4. The zero-order valence-electron chi connectivity index (χ0n) is 9.83. The SMILES string of the molecule is COc1ccc(C(=N)C2CCCCC2)cc1. The van der Waals surface area contributed by atoms with E-state index in [0.29, 0.717) is 5.92 Å². The van der Waals surface area contributed by atoms with Crippen molar-refractivity contribution in [2.24, 2.45) is 5.92 Å². The molecule has 2 rings (SSSR count). The lowest BCUT2D eigenvalue weighted by molar-refractivity contribution is 0.414. The van der Waals surface area contributed by atoms with E-state index in [0.717, 1.165) is 17.0 Å². The molecule has 0 aromatic heterocycles. The lowest BCUT2D eigenvalue weighted by atomic mass is 9.83. The molecule has 0 radical (unpaired) electrons. The maximum atomic E-state index is 8.21. The fraction of sp³-hybridized carbons (Fsp3) is 0.500. The summed E-state index contributed by atoms with van der Waals surface area (Å²) >= 11 is 0. The van der Waals surface area contributed by atoms with Gasteiger partial charge in [-0.1, -0.05) is 19.3 Å². The van der Waals surface area contributed by atoms with Crippen LogP contribution in [0.2, 0.25) is 0 Å². The summed E-state index contributed by atoms with van der Waals surface area (Å²) in [6.45, 7) is 0. The number of hydrogen-bond donors (Lipinski definition) is 1. The Bertz CT molecular complexity index is 350. The number of hydrogen-bond acceptors (Lipinski definition) is 2. The third kappa shape index (κ3) is 2.43. The summed E-state index contributed by atoms with van der Waals surface area (Å²) in [6, 6.07) is 7.87. The second-order valence-electron chi connectivity index (χ2n) is 4.48. The van der Waals surface area contributed by atoms with Gasteiger partial charge in [-0.25, -0.2) is 0 Å². The van der Waals surface area contributed by atoms with E-state index in [1.165, 1.54) is 32.1 Å². The van der Waals surface area contributed by atoms with Crippen molar-refractivity contribution in [2.75, 3.05) is 7.11 Å². The van der Waals surface area contributed by atoms with Crippen molar-refractivity contribution in [3.63, 3.8) is 0 Å². The molecule has 1 aromatic rings. The Kier molecular flexibility index (Phi) is 3.60. The molecule has 0 saturated heterocycles. The summed E-state index contributed by atoms with van der Waals surface area (Å²) in [7, 11) is 1.67. The van der Waals surface area contributed by atoms with Crippen LogP contribution in [0.15, 0.2) is 24.3 Å². The Morgan fingerprint density at radius 2 is 1.75 bits per heavy atom. The van der Waals surface area contributed by atoms with Gasteiger partial charge < -0.3 is 10.1 Å². The molecule has 1 fully saturated rings. The third-order valence-electron chi connectivity index (χ3n) is 3.41. The van der Waals surface area contributed by atoms with Gasteiger partial charge in [0, 0.05) is 11.6 Å². The van der Waals surface area contributed by atoms with Crippen molar-refractivity contribution in [1.82, 2.24) is 0 Å². The molecule has 0 aliphatic heterocycles. The van der Waals surface area contributed by atoms with E-state index in [-0.39, 0.29) is 0 Å². The summed E-state index contributed by atoms with van der Waals surface area (Å²) in [5.41, 5.74) is 1.86. The van der Waals surface area contributed by atoms with Crippen LogP contribution in [0.3, 0.4) is 0 Å². The maximum Gasteiger partial charge on any atom is 0.118 e. The van der Waals surface area contributed by atoms with E-state index >= 15 is 0 Å². The highest BCUT2D eigenvalue weighted by Crippen LogP contribution is 2.27. The number of methoxy groups -OCH3 is 1. The van der Waals surface area contributed by atoms with Crippen LogP contribution >= 0.6 is 0 Å². The molecule has 0 amide bonds. The molecule has 86 valence electrons. The second kappa shape index (κ2) is 5.15. The molecular weight excluding hydrogens is 198 g/mol. The normalized spacial score (nSPS) is 17.1. The highest BCUT2D eigenvalue weighted by atomic mass is 16.5. The largest absolute Gasteiger partial charge is 0.497 e. The van der Waals surface area contributed by atoms with Gasteiger partial charge in [-0.15, -0.1) is 0 Å². The van der Waals surface area contributed by atoms with Crippen LogP contribution < -0.4 is 4.74 Å². The van der Waals surface area contributed by atoms with Crippen molar-refractivity contribution in [3.8, 4) is 5.75 Å². The minimum Gasteiger partial charge on any atom is -0.497 e. The van der Waals surface area contributed by atoms with Crippen LogP contribution in [0.5, 0.6) is 5.75 Å². The first kappa shape index (κ1) is 11.2. The zero-order valence-corrected chi connectivity index (χ0v) is 9.83. The standard InChI is InChI=1S/C14H19NO/c1-16-13-9-7-12(8-10-13)14(15)11-5-3-2-4-6-11/h7-11,15H,2-6H2,1H3. The Morgan fingerprint density at radius 1 is 1.12 bits per heavy atom. The molecule has 0 unspecified atom stereocenters. The molecule has 1 N–H and O–H groups in total. The van der Waals surface area contributed by atoms with Gasteiger partial charge in [0.25, 0.3) is 0 Å². The van der Waals surface area contributed by atoms with Crippen molar-refractivity contribution < 1.29 is 4.74 Å². The summed E-state index contributed by atoms with van der Waals surface area (Å²) in [5, 5.41) is 8.21. The van der Waals surface area contributed by atoms with Crippen LogP contribution in [-0.4, -0.2) is 12.8 Å². The molecule has 1 aromatic carbocycles. The molecule has 1 saturated carbocycles. The topological polar surface area (TPSA) is 33.1 Å². The van der Waals surface area contributed by atoms with Crippen molar-refractivity contribution in [3.05, 3.63) is 29.8 Å². The molecule has 0 spiro atoms.